The van der Waals surface area contributed by atoms with E-state index in [4.69, 9.17) is 0 Å². The Kier molecular flexibility index (Phi) is 10.5. The smallest absolute Gasteiger partial charge is 0.429 e. The van der Waals surface area contributed by atoms with Crippen LogP contribution in [0, 0.1) is 34.9 Å². The lowest BCUT2D eigenvalue weighted by molar-refractivity contribution is -0.189. The summed E-state index contributed by atoms with van der Waals surface area (Å²) in [6, 6.07) is 7.35. The summed E-state index contributed by atoms with van der Waals surface area (Å²) in [4.78, 5) is 8.13. The highest BCUT2D eigenvalue weighted by Gasteiger charge is 2.41. The van der Waals surface area contributed by atoms with E-state index in [1.54, 1.807) is 0 Å². The van der Waals surface area contributed by atoms with Crippen molar-refractivity contribution in [2.24, 2.45) is 0 Å². The third kappa shape index (κ3) is 8.23. The zero-order valence-electron chi connectivity index (χ0n) is 25.9. The number of hydrogen-bond donors (Lipinski definition) is 0. The number of rotatable bonds is 11. The highest BCUT2D eigenvalue weighted by molar-refractivity contribution is 5.72. The molecule has 4 aromatic carbocycles. The van der Waals surface area contributed by atoms with Gasteiger partial charge >= 0.3 is 12.3 Å². The Bertz CT molecular complexity index is 1970. The van der Waals surface area contributed by atoms with Crippen LogP contribution in [0.5, 0.6) is 5.75 Å². The molecule has 0 aliphatic carbocycles. The highest BCUT2D eigenvalue weighted by atomic mass is 19.4. The lowest BCUT2D eigenvalue weighted by Crippen LogP contribution is -2.25. The zero-order chi connectivity index (χ0) is 36.4. The molecule has 5 aromatic rings. The number of halogens is 11. The highest BCUT2D eigenvalue weighted by Crippen LogP contribution is 2.39. The first-order chi connectivity index (χ1) is 23.6. The van der Waals surface area contributed by atoms with Gasteiger partial charge in [-0.05, 0) is 72.0 Å². The van der Waals surface area contributed by atoms with E-state index in [2.05, 4.69) is 14.7 Å². The van der Waals surface area contributed by atoms with Crippen LogP contribution in [0.15, 0.2) is 73.1 Å². The molecule has 50 heavy (non-hydrogen) atoms. The van der Waals surface area contributed by atoms with E-state index >= 15 is 17.6 Å². The van der Waals surface area contributed by atoms with Gasteiger partial charge in [0.25, 0.3) is 0 Å². The largest absolute Gasteiger partial charge is 0.432 e. The monoisotopic (exact) mass is 710 g/mol. The van der Waals surface area contributed by atoms with Gasteiger partial charge in [-0.3, -0.25) is 0 Å². The van der Waals surface area contributed by atoms with Gasteiger partial charge in [-0.2, -0.15) is 22.0 Å². The fraction of sp³-hybridized carbons (Fsp3) is 0.222. The molecular weight excluding hydrogens is 685 g/mol. The first-order valence-electron chi connectivity index (χ1n) is 15.1. The number of hydrogen-bond acceptors (Lipinski definition) is 3. The fourth-order valence-corrected chi connectivity index (χ4v) is 5.23. The molecular formula is C36H25F11N2O. The maximum atomic E-state index is 15.1. The van der Waals surface area contributed by atoms with Gasteiger partial charge in [0.15, 0.2) is 5.82 Å². The molecule has 0 N–H and O–H groups in total. The maximum absolute atomic E-state index is 15.1. The molecule has 0 bridgehead atoms. The summed E-state index contributed by atoms with van der Waals surface area (Å²) in [7, 11) is 0. The quantitative estimate of drug-likeness (QED) is 0.101. The Hall–Kier alpha value is -5.01. The third-order valence-electron chi connectivity index (χ3n) is 7.66. The predicted octanol–water partition coefficient (Wildman–Crippen LogP) is 11.3. The summed E-state index contributed by atoms with van der Waals surface area (Å²) in [5.74, 6) is -9.75. The number of unbranched alkanes of at least 4 members (excludes halogenated alkanes) is 2. The number of benzene rings is 4. The first kappa shape index (κ1) is 36.3. The Morgan fingerprint density at radius 2 is 1.14 bits per heavy atom. The van der Waals surface area contributed by atoms with Gasteiger partial charge in [0.05, 0.1) is 6.42 Å². The van der Waals surface area contributed by atoms with Crippen LogP contribution < -0.4 is 4.74 Å². The molecule has 0 spiro atoms. The zero-order valence-corrected chi connectivity index (χ0v) is 25.9. The summed E-state index contributed by atoms with van der Waals surface area (Å²) in [6.45, 7) is 2.04. The number of nitrogens with zero attached hydrogens (tertiary/aromatic N) is 2. The van der Waals surface area contributed by atoms with Crippen molar-refractivity contribution in [3.8, 4) is 39.4 Å². The van der Waals surface area contributed by atoms with Gasteiger partial charge in [-0.1, -0.05) is 31.9 Å². The van der Waals surface area contributed by atoms with E-state index in [1.807, 2.05) is 6.92 Å². The van der Waals surface area contributed by atoms with E-state index in [9.17, 15) is 30.7 Å². The van der Waals surface area contributed by atoms with Crippen LogP contribution >= 0.6 is 0 Å². The van der Waals surface area contributed by atoms with Crippen molar-refractivity contribution in [2.75, 3.05) is 0 Å². The van der Waals surface area contributed by atoms with Crippen LogP contribution in [0.2, 0.25) is 0 Å². The summed E-state index contributed by atoms with van der Waals surface area (Å²) in [6.07, 6.45) is -4.85. The molecule has 0 unspecified atom stereocenters. The number of ether oxygens (including phenoxy) is 1. The minimum Gasteiger partial charge on any atom is -0.429 e. The molecule has 3 nitrogen and oxygen atoms in total. The van der Waals surface area contributed by atoms with Crippen molar-refractivity contribution in [1.82, 2.24) is 9.97 Å². The molecule has 5 rings (SSSR count). The Morgan fingerprint density at radius 3 is 1.70 bits per heavy atom. The average molecular weight is 711 g/mol. The molecule has 0 aliphatic heterocycles. The second kappa shape index (κ2) is 14.5. The minimum absolute atomic E-state index is 0.0990. The normalized spacial score (nSPS) is 12.0. The van der Waals surface area contributed by atoms with E-state index in [0.29, 0.717) is 36.8 Å². The van der Waals surface area contributed by atoms with Crippen molar-refractivity contribution < 1.29 is 53.0 Å². The molecule has 0 aliphatic rings. The van der Waals surface area contributed by atoms with E-state index in [-0.39, 0.29) is 22.5 Å². The third-order valence-corrected chi connectivity index (χ3v) is 7.66. The molecule has 262 valence electrons. The average Bonchev–Trinajstić information content (AvgIpc) is 3.02. The molecule has 0 fully saturated rings. The van der Waals surface area contributed by atoms with Crippen LogP contribution in [0.25, 0.3) is 33.6 Å². The van der Waals surface area contributed by atoms with Gasteiger partial charge in [-0.15, -0.1) is 0 Å². The lowest BCUT2D eigenvalue weighted by atomic mass is 9.97. The lowest BCUT2D eigenvalue weighted by Gasteiger charge is -2.20. The summed E-state index contributed by atoms with van der Waals surface area (Å²) in [5.41, 5.74) is -3.78. The second-order valence-corrected chi connectivity index (χ2v) is 11.4. The predicted molar refractivity (Wildman–Crippen MR) is 162 cm³/mol. The second-order valence-electron chi connectivity index (χ2n) is 11.4. The molecule has 14 heteroatoms. The van der Waals surface area contributed by atoms with E-state index < -0.39 is 81.6 Å². The van der Waals surface area contributed by atoms with Crippen molar-refractivity contribution in [3.05, 3.63) is 125 Å². The fourth-order valence-electron chi connectivity index (χ4n) is 5.23. The SMILES string of the molecule is CCCCCc1cnc(-c2cc(F)c(C(F)(F)Oc3ccc(-c4ccc(-c5cc(F)c(CC(F)(F)F)c(F)c5)c(F)c4)c(F)c3)c(F)c2)nc1. The van der Waals surface area contributed by atoms with Crippen molar-refractivity contribution in [3.63, 3.8) is 0 Å². The first-order valence-corrected chi connectivity index (χ1v) is 15.1. The van der Waals surface area contributed by atoms with Gasteiger partial charge in [-0.25, -0.2) is 36.3 Å². The van der Waals surface area contributed by atoms with Crippen LogP contribution in [0.3, 0.4) is 0 Å². The molecule has 1 heterocycles. The van der Waals surface area contributed by atoms with Crippen LogP contribution in [-0.4, -0.2) is 16.1 Å². The summed E-state index contributed by atoms with van der Waals surface area (Å²) >= 11 is 0. The van der Waals surface area contributed by atoms with Gasteiger partial charge in [0.2, 0.25) is 0 Å². The van der Waals surface area contributed by atoms with Crippen molar-refractivity contribution >= 4 is 0 Å². The molecule has 0 radical (unpaired) electrons. The molecule has 0 atom stereocenters. The van der Waals surface area contributed by atoms with Gasteiger partial charge in [0, 0.05) is 40.7 Å². The standard InChI is InChI=1S/C36H25F11N2O/c1-2-3-4-5-19-17-48-34(49-18-19)22-13-31(41)33(32(42)14-22)36(46,47)50-23-7-9-24(30(40)15-23)20-6-8-25(27(37)10-20)21-11-28(38)26(29(39)12-21)16-35(43,44)45/h6-15,17-18H,2-5,16H2,1H3. The molecule has 1 aromatic heterocycles. The van der Waals surface area contributed by atoms with Crippen LogP contribution in [0.4, 0.5) is 48.3 Å². The Morgan fingerprint density at radius 1 is 0.600 bits per heavy atom. The van der Waals surface area contributed by atoms with Crippen LogP contribution in [0.1, 0.15) is 42.9 Å². The Labute approximate surface area is 278 Å². The molecule has 0 saturated heterocycles. The number of aryl methyl sites for hydroxylation is 1. The molecule has 0 saturated carbocycles. The van der Waals surface area contributed by atoms with Crippen molar-refractivity contribution in [2.45, 2.75) is 51.3 Å². The number of alkyl halides is 5. The topological polar surface area (TPSA) is 35.0 Å². The van der Waals surface area contributed by atoms with Crippen LogP contribution in [-0.2, 0) is 19.0 Å². The van der Waals surface area contributed by atoms with Gasteiger partial charge < -0.3 is 4.74 Å². The molecule has 0 amide bonds. The summed E-state index contributed by atoms with van der Waals surface area (Å²) in [5, 5.41) is 0. The van der Waals surface area contributed by atoms with E-state index in [0.717, 1.165) is 55.2 Å². The van der Waals surface area contributed by atoms with Gasteiger partial charge in [0.1, 0.15) is 46.2 Å². The summed E-state index contributed by atoms with van der Waals surface area (Å²) < 4.78 is 161. The maximum Gasteiger partial charge on any atom is 0.432 e. The Balaban J connectivity index is 1.34. The number of aromatic nitrogens is 2. The van der Waals surface area contributed by atoms with Crippen molar-refractivity contribution in [1.29, 1.82) is 0 Å². The minimum atomic E-state index is -4.90. The van der Waals surface area contributed by atoms with E-state index in [1.165, 1.54) is 12.4 Å².